The average Bonchev–Trinajstić information content (AvgIpc) is 2.68. The monoisotopic (exact) mass is 398 g/mol. The first kappa shape index (κ1) is 27.9. The molecule has 0 heterocycles. The highest BCUT2D eigenvalue weighted by atomic mass is 16.5. The van der Waals surface area contributed by atoms with E-state index in [2.05, 4.69) is 6.92 Å². The van der Waals surface area contributed by atoms with Gasteiger partial charge in [0.1, 0.15) is 0 Å². The van der Waals surface area contributed by atoms with E-state index in [-0.39, 0.29) is 0 Å². The molecule has 2 nitrogen and oxygen atoms in total. The van der Waals surface area contributed by atoms with Crippen LogP contribution >= 0.6 is 0 Å². The summed E-state index contributed by atoms with van der Waals surface area (Å²) in [5.41, 5.74) is 0. The van der Waals surface area contributed by atoms with Crippen molar-refractivity contribution < 1.29 is 10.2 Å². The van der Waals surface area contributed by atoms with E-state index in [4.69, 9.17) is 10.2 Å². The molecule has 0 rings (SSSR count). The number of aliphatic hydroxyl groups is 2. The summed E-state index contributed by atoms with van der Waals surface area (Å²) in [6, 6.07) is 0. The molecule has 0 fully saturated rings. The molecule has 0 spiro atoms. The smallest absolute Gasteiger partial charge is 0.151 e. The second-order valence-electron chi connectivity index (χ2n) is 9.05. The SMILES string of the molecule is CCCCCCCCCCCCCCCCCCCCCCCCCC(O)O. The number of hydrogen-bond acceptors (Lipinski definition) is 2. The summed E-state index contributed by atoms with van der Waals surface area (Å²) in [6.07, 6.45) is 31.5. The van der Waals surface area contributed by atoms with Crippen LogP contribution in [-0.4, -0.2) is 16.5 Å². The average molecular weight is 399 g/mol. The summed E-state index contributed by atoms with van der Waals surface area (Å²) in [5, 5.41) is 17.6. The number of unbranched alkanes of at least 4 members (excludes halogenated alkanes) is 22. The first-order chi connectivity index (χ1) is 13.8. The Bertz CT molecular complexity index is 265. The molecular formula is C26H54O2. The van der Waals surface area contributed by atoms with Crippen LogP contribution in [0.15, 0.2) is 0 Å². The lowest BCUT2D eigenvalue weighted by Gasteiger charge is -2.04. The van der Waals surface area contributed by atoms with Crippen LogP contribution in [0.2, 0.25) is 0 Å². The van der Waals surface area contributed by atoms with E-state index < -0.39 is 6.29 Å². The molecule has 170 valence electrons. The summed E-state index contributed by atoms with van der Waals surface area (Å²) in [5.74, 6) is 0. The Balaban J connectivity index is 2.98. The van der Waals surface area contributed by atoms with E-state index in [9.17, 15) is 0 Å². The maximum atomic E-state index is 8.78. The number of aliphatic hydroxyl groups excluding tert-OH is 1. The van der Waals surface area contributed by atoms with Gasteiger partial charge in [-0.05, 0) is 12.8 Å². The van der Waals surface area contributed by atoms with Gasteiger partial charge >= 0.3 is 0 Å². The van der Waals surface area contributed by atoms with Crippen LogP contribution in [0.4, 0.5) is 0 Å². The highest BCUT2D eigenvalue weighted by Gasteiger charge is 1.98. The normalized spacial score (nSPS) is 11.6. The minimum absolute atomic E-state index is 0.541. The Morgan fingerprint density at radius 1 is 0.357 bits per heavy atom. The van der Waals surface area contributed by atoms with Crippen LogP contribution in [-0.2, 0) is 0 Å². The van der Waals surface area contributed by atoms with Gasteiger partial charge in [-0.15, -0.1) is 0 Å². The van der Waals surface area contributed by atoms with E-state index >= 15 is 0 Å². The zero-order valence-electron chi connectivity index (χ0n) is 19.4. The molecule has 0 aliphatic heterocycles. The Hall–Kier alpha value is -0.0800. The van der Waals surface area contributed by atoms with Gasteiger partial charge in [-0.2, -0.15) is 0 Å². The van der Waals surface area contributed by atoms with Crippen molar-refractivity contribution in [2.45, 2.75) is 167 Å². The molecule has 0 aliphatic rings. The third-order valence-electron chi connectivity index (χ3n) is 6.07. The number of hydrogen-bond donors (Lipinski definition) is 2. The van der Waals surface area contributed by atoms with Crippen molar-refractivity contribution in [1.29, 1.82) is 0 Å². The van der Waals surface area contributed by atoms with Gasteiger partial charge in [0, 0.05) is 0 Å². The Morgan fingerprint density at radius 3 is 0.786 bits per heavy atom. The van der Waals surface area contributed by atoms with Crippen LogP contribution in [0.3, 0.4) is 0 Å². The lowest BCUT2D eigenvalue weighted by Crippen LogP contribution is -2.02. The minimum atomic E-state index is -1.10. The van der Waals surface area contributed by atoms with E-state index in [0.717, 1.165) is 12.8 Å². The van der Waals surface area contributed by atoms with Gasteiger partial charge in [-0.1, -0.05) is 148 Å². The maximum absolute atomic E-state index is 8.78. The van der Waals surface area contributed by atoms with Crippen LogP contribution in [0, 0.1) is 0 Å². The molecule has 0 saturated heterocycles. The van der Waals surface area contributed by atoms with Crippen LogP contribution in [0.25, 0.3) is 0 Å². The van der Waals surface area contributed by atoms with Crippen LogP contribution in [0.5, 0.6) is 0 Å². The third kappa shape index (κ3) is 25.9. The van der Waals surface area contributed by atoms with Gasteiger partial charge in [0.25, 0.3) is 0 Å². The molecule has 0 radical (unpaired) electrons. The second-order valence-corrected chi connectivity index (χ2v) is 9.05. The minimum Gasteiger partial charge on any atom is -0.368 e. The van der Waals surface area contributed by atoms with Crippen molar-refractivity contribution in [3.8, 4) is 0 Å². The summed E-state index contributed by atoms with van der Waals surface area (Å²) in [6.45, 7) is 2.29. The quantitative estimate of drug-likeness (QED) is 0.126. The first-order valence-electron chi connectivity index (χ1n) is 13.1. The number of rotatable bonds is 24. The van der Waals surface area contributed by atoms with Crippen molar-refractivity contribution in [3.05, 3.63) is 0 Å². The Labute approximate surface area is 177 Å². The molecule has 0 aromatic rings. The molecule has 2 N–H and O–H groups in total. The van der Waals surface area contributed by atoms with E-state index in [1.54, 1.807) is 0 Å². The first-order valence-corrected chi connectivity index (χ1v) is 13.1. The van der Waals surface area contributed by atoms with Gasteiger partial charge in [0.05, 0.1) is 0 Å². The fourth-order valence-electron chi connectivity index (χ4n) is 4.11. The molecule has 0 amide bonds. The lowest BCUT2D eigenvalue weighted by molar-refractivity contribution is -0.0466. The summed E-state index contributed by atoms with van der Waals surface area (Å²) < 4.78 is 0. The van der Waals surface area contributed by atoms with Crippen molar-refractivity contribution in [3.63, 3.8) is 0 Å². The van der Waals surface area contributed by atoms with Gasteiger partial charge in [-0.25, -0.2) is 0 Å². The largest absolute Gasteiger partial charge is 0.368 e. The molecular weight excluding hydrogens is 344 g/mol. The molecule has 28 heavy (non-hydrogen) atoms. The maximum Gasteiger partial charge on any atom is 0.151 e. The van der Waals surface area contributed by atoms with Gasteiger partial charge in [0.2, 0.25) is 0 Å². The van der Waals surface area contributed by atoms with Crippen LogP contribution in [0.1, 0.15) is 161 Å². The van der Waals surface area contributed by atoms with Gasteiger partial charge < -0.3 is 10.2 Å². The highest BCUT2D eigenvalue weighted by molar-refractivity contribution is 4.51. The van der Waals surface area contributed by atoms with Gasteiger partial charge in [0.15, 0.2) is 6.29 Å². The van der Waals surface area contributed by atoms with E-state index in [1.807, 2.05) is 0 Å². The predicted molar refractivity (Wildman–Crippen MR) is 125 cm³/mol. The molecule has 2 heteroatoms. The Morgan fingerprint density at radius 2 is 0.571 bits per heavy atom. The fraction of sp³-hybridized carbons (Fsp3) is 1.00. The van der Waals surface area contributed by atoms with Gasteiger partial charge in [-0.3, -0.25) is 0 Å². The topological polar surface area (TPSA) is 40.5 Å². The zero-order valence-corrected chi connectivity index (χ0v) is 19.4. The summed E-state index contributed by atoms with van der Waals surface area (Å²) in [4.78, 5) is 0. The molecule has 0 aromatic carbocycles. The molecule has 0 atom stereocenters. The Kier molecular flexibility index (Phi) is 24.9. The summed E-state index contributed by atoms with van der Waals surface area (Å²) in [7, 11) is 0. The highest BCUT2D eigenvalue weighted by Crippen LogP contribution is 2.15. The van der Waals surface area contributed by atoms with Crippen molar-refractivity contribution >= 4 is 0 Å². The zero-order chi connectivity index (χ0) is 20.5. The van der Waals surface area contributed by atoms with Crippen LogP contribution < -0.4 is 0 Å². The standard InChI is InChI=1S/C26H54O2/c1-2-3-4-5-6-7-8-9-10-11-12-13-14-15-16-17-18-19-20-21-22-23-24-25-26(27)28/h26-28H,2-25H2,1H3. The molecule has 0 aliphatic carbocycles. The fourth-order valence-corrected chi connectivity index (χ4v) is 4.11. The van der Waals surface area contributed by atoms with E-state index in [0.29, 0.717) is 6.42 Å². The summed E-state index contributed by atoms with van der Waals surface area (Å²) >= 11 is 0. The van der Waals surface area contributed by atoms with Crippen molar-refractivity contribution in [2.24, 2.45) is 0 Å². The molecule has 0 bridgehead atoms. The molecule has 0 aromatic heterocycles. The molecule has 0 saturated carbocycles. The predicted octanol–water partition coefficient (Wildman–Crippen LogP) is 8.68. The third-order valence-corrected chi connectivity index (χ3v) is 6.07. The second kappa shape index (κ2) is 25.0. The van der Waals surface area contributed by atoms with Crippen molar-refractivity contribution in [2.75, 3.05) is 0 Å². The lowest BCUT2D eigenvalue weighted by atomic mass is 10.0. The molecule has 0 unspecified atom stereocenters. The van der Waals surface area contributed by atoms with E-state index in [1.165, 1.54) is 135 Å². The van der Waals surface area contributed by atoms with Crippen molar-refractivity contribution in [1.82, 2.24) is 0 Å².